The van der Waals surface area contributed by atoms with Crippen molar-refractivity contribution in [1.29, 1.82) is 0 Å². The predicted octanol–water partition coefficient (Wildman–Crippen LogP) is 4.38. The van der Waals surface area contributed by atoms with Gasteiger partial charge in [0.15, 0.2) is 0 Å². The number of hydrogen-bond acceptors (Lipinski definition) is 2. The predicted molar refractivity (Wildman–Crippen MR) is 84.8 cm³/mol. The van der Waals surface area contributed by atoms with Gasteiger partial charge in [0.25, 0.3) is 0 Å². The Bertz CT molecular complexity index is 483. The Balaban J connectivity index is 2.43. The van der Waals surface area contributed by atoms with E-state index in [1.807, 2.05) is 6.92 Å². The standard InChI is InChI=1S/C17H25NO3/c1-3-4-5-6-7-8-9-16(19)18-15-11-10-13(2)12-14(15)17(20)21/h10-12H,3-9H2,1-2H3,(H,18,19)(H,20,21). The number of carbonyl (C=O) groups excluding carboxylic acids is 1. The van der Waals surface area contributed by atoms with Crippen LogP contribution in [0, 0.1) is 6.92 Å². The van der Waals surface area contributed by atoms with Crippen LogP contribution in [-0.2, 0) is 4.79 Å². The lowest BCUT2D eigenvalue weighted by Gasteiger charge is -2.09. The monoisotopic (exact) mass is 291 g/mol. The summed E-state index contributed by atoms with van der Waals surface area (Å²) in [6, 6.07) is 5.02. The second kappa shape index (κ2) is 9.16. The number of benzene rings is 1. The first-order valence-corrected chi connectivity index (χ1v) is 7.68. The van der Waals surface area contributed by atoms with E-state index in [2.05, 4.69) is 12.2 Å². The number of hydrogen-bond donors (Lipinski definition) is 2. The van der Waals surface area contributed by atoms with Gasteiger partial charge in [-0.05, 0) is 25.5 Å². The van der Waals surface area contributed by atoms with Crippen LogP contribution in [0.2, 0.25) is 0 Å². The van der Waals surface area contributed by atoms with Crippen LogP contribution in [0.3, 0.4) is 0 Å². The SMILES string of the molecule is CCCCCCCCC(=O)Nc1ccc(C)cc1C(=O)O. The van der Waals surface area contributed by atoms with Gasteiger partial charge in [0.1, 0.15) is 0 Å². The first-order chi connectivity index (χ1) is 10.0. The molecule has 0 fully saturated rings. The van der Waals surface area contributed by atoms with Gasteiger partial charge in [-0.1, -0.05) is 50.7 Å². The van der Waals surface area contributed by atoms with Crippen LogP contribution < -0.4 is 5.32 Å². The Morgan fingerprint density at radius 1 is 1.10 bits per heavy atom. The van der Waals surface area contributed by atoms with Crippen LogP contribution in [-0.4, -0.2) is 17.0 Å². The van der Waals surface area contributed by atoms with E-state index in [1.54, 1.807) is 18.2 Å². The highest BCUT2D eigenvalue weighted by atomic mass is 16.4. The van der Waals surface area contributed by atoms with Crippen molar-refractivity contribution in [3.8, 4) is 0 Å². The third kappa shape index (κ3) is 6.43. The van der Waals surface area contributed by atoms with Crippen molar-refractivity contribution < 1.29 is 14.7 Å². The van der Waals surface area contributed by atoms with Gasteiger partial charge in [-0.25, -0.2) is 4.79 Å². The molecule has 2 N–H and O–H groups in total. The zero-order chi connectivity index (χ0) is 15.7. The molecule has 4 nitrogen and oxygen atoms in total. The lowest BCUT2D eigenvalue weighted by Crippen LogP contribution is -2.14. The highest BCUT2D eigenvalue weighted by molar-refractivity contribution is 6.00. The molecule has 1 rings (SSSR count). The van der Waals surface area contributed by atoms with Crippen molar-refractivity contribution in [2.45, 2.75) is 58.8 Å². The number of nitrogens with one attached hydrogen (secondary N) is 1. The van der Waals surface area contributed by atoms with Gasteiger partial charge in [-0.15, -0.1) is 0 Å². The number of unbranched alkanes of at least 4 members (excludes halogenated alkanes) is 5. The van der Waals surface area contributed by atoms with Gasteiger partial charge < -0.3 is 10.4 Å². The molecule has 1 aromatic rings. The van der Waals surface area contributed by atoms with Crippen LogP contribution >= 0.6 is 0 Å². The molecule has 1 aromatic carbocycles. The van der Waals surface area contributed by atoms with Crippen molar-refractivity contribution in [1.82, 2.24) is 0 Å². The Hall–Kier alpha value is -1.84. The molecule has 0 atom stereocenters. The minimum Gasteiger partial charge on any atom is -0.478 e. The van der Waals surface area contributed by atoms with Gasteiger partial charge in [-0.2, -0.15) is 0 Å². The van der Waals surface area contributed by atoms with E-state index in [1.165, 1.54) is 19.3 Å². The minimum atomic E-state index is -1.02. The first kappa shape index (κ1) is 17.2. The summed E-state index contributed by atoms with van der Waals surface area (Å²) in [7, 11) is 0. The molecule has 116 valence electrons. The van der Waals surface area contributed by atoms with E-state index in [0.717, 1.165) is 24.8 Å². The molecule has 0 unspecified atom stereocenters. The summed E-state index contributed by atoms with van der Waals surface area (Å²) in [5.74, 6) is -1.13. The van der Waals surface area contributed by atoms with Crippen LogP contribution in [0.25, 0.3) is 0 Å². The molecule has 0 aliphatic heterocycles. The zero-order valence-electron chi connectivity index (χ0n) is 12.9. The zero-order valence-corrected chi connectivity index (χ0v) is 12.9. The fraction of sp³-hybridized carbons (Fsp3) is 0.529. The third-order valence-electron chi connectivity index (χ3n) is 3.44. The maximum absolute atomic E-state index is 11.9. The number of carboxylic acid groups (broad SMARTS) is 1. The molecule has 0 aliphatic rings. The number of rotatable bonds is 9. The van der Waals surface area contributed by atoms with Gasteiger partial charge in [0, 0.05) is 6.42 Å². The lowest BCUT2D eigenvalue weighted by molar-refractivity contribution is -0.116. The largest absolute Gasteiger partial charge is 0.478 e. The molecule has 4 heteroatoms. The van der Waals surface area contributed by atoms with E-state index in [9.17, 15) is 9.59 Å². The van der Waals surface area contributed by atoms with Crippen LogP contribution in [0.15, 0.2) is 18.2 Å². The number of aromatic carboxylic acids is 1. The molecule has 0 aromatic heterocycles. The summed E-state index contributed by atoms with van der Waals surface area (Å²) < 4.78 is 0. The minimum absolute atomic E-state index is 0.114. The number of carbonyl (C=O) groups is 2. The molecule has 0 radical (unpaired) electrons. The van der Waals surface area contributed by atoms with Crippen molar-refractivity contribution in [2.24, 2.45) is 0 Å². The fourth-order valence-corrected chi connectivity index (χ4v) is 2.22. The van der Waals surface area contributed by atoms with Gasteiger partial charge >= 0.3 is 5.97 Å². The molecule has 21 heavy (non-hydrogen) atoms. The molecular weight excluding hydrogens is 266 g/mol. The highest BCUT2D eigenvalue weighted by Crippen LogP contribution is 2.18. The van der Waals surface area contributed by atoms with Crippen molar-refractivity contribution >= 4 is 17.6 Å². The molecule has 0 aliphatic carbocycles. The van der Waals surface area contributed by atoms with E-state index in [-0.39, 0.29) is 11.5 Å². The molecule has 0 saturated heterocycles. The first-order valence-electron chi connectivity index (χ1n) is 7.68. The summed E-state index contributed by atoms with van der Waals surface area (Å²) in [5.41, 5.74) is 1.39. The Kier molecular flexibility index (Phi) is 7.51. The Morgan fingerprint density at radius 2 is 1.76 bits per heavy atom. The molecular formula is C17H25NO3. The van der Waals surface area contributed by atoms with Gasteiger partial charge in [-0.3, -0.25) is 4.79 Å². The summed E-state index contributed by atoms with van der Waals surface area (Å²) in [6.07, 6.45) is 7.19. The van der Waals surface area contributed by atoms with Gasteiger partial charge in [0.05, 0.1) is 11.3 Å². The number of anilines is 1. The molecule has 1 amide bonds. The Morgan fingerprint density at radius 3 is 2.43 bits per heavy atom. The number of carboxylic acids is 1. The molecule has 0 spiro atoms. The average Bonchev–Trinajstić information content (AvgIpc) is 2.44. The van der Waals surface area contributed by atoms with E-state index < -0.39 is 5.97 Å². The van der Waals surface area contributed by atoms with Crippen molar-refractivity contribution in [3.63, 3.8) is 0 Å². The topological polar surface area (TPSA) is 66.4 Å². The molecule has 0 bridgehead atoms. The van der Waals surface area contributed by atoms with Crippen LogP contribution in [0.5, 0.6) is 0 Å². The van der Waals surface area contributed by atoms with Crippen LogP contribution in [0.4, 0.5) is 5.69 Å². The summed E-state index contributed by atoms with van der Waals surface area (Å²) in [4.78, 5) is 23.0. The highest BCUT2D eigenvalue weighted by Gasteiger charge is 2.12. The van der Waals surface area contributed by atoms with E-state index >= 15 is 0 Å². The molecule has 0 heterocycles. The summed E-state index contributed by atoms with van der Waals surface area (Å²) >= 11 is 0. The van der Waals surface area contributed by atoms with Crippen LogP contribution in [0.1, 0.15) is 67.8 Å². The lowest BCUT2D eigenvalue weighted by atomic mass is 10.1. The second-order valence-electron chi connectivity index (χ2n) is 5.42. The number of amides is 1. The van der Waals surface area contributed by atoms with Crippen molar-refractivity contribution in [2.75, 3.05) is 5.32 Å². The maximum atomic E-state index is 11.9. The quantitative estimate of drug-likeness (QED) is 0.663. The Labute approximate surface area is 126 Å². The summed E-state index contributed by atoms with van der Waals surface area (Å²) in [6.45, 7) is 4.00. The van der Waals surface area contributed by atoms with E-state index in [4.69, 9.17) is 5.11 Å². The maximum Gasteiger partial charge on any atom is 0.337 e. The summed E-state index contributed by atoms with van der Waals surface area (Å²) in [5, 5.41) is 11.8. The normalized spacial score (nSPS) is 10.4. The molecule has 0 saturated carbocycles. The van der Waals surface area contributed by atoms with Gasteiger partial charge in [0.2, 0.25) is 5.91 Å². The smallest absolute Gasteiger partial charge is 0.337 e. The van der Waals surface area contributed by atoms with E-state index in [0.29, 0.717) is 12.1 Å². The average molecular weight is 291 g/mol. The fourth-order valence-electron chi connectivity index (χ4n) is 2.22. The third-order valence-corrected chi connectivity index (χ3v) is 3.44. The van der Waals surface area contributed by atoms with Crippen molar-refractivity contribution in [3.05, 3.63) is 29.3 Å². The second-order valence-corrected chi connectivity index (χ2v) is 5.42. The number of aryl methyl sites for hydroxylation is 1.